The molecule has 0 heterocycles. The SMILES string of the molecule is CC(C)(CCCCC1CCCC(c2ccccc2C2CCCC(CCCCC(C)(C)C(=O)N=O)C2=O)C1=O)C(=O)O. The van der Waals surface area contributed by atoms with Crippen LogP contribution in [0.3, 0.4) is 0 Å². The third kappa shape index (κ3) is 8.42. The first-order valence-corrected chi connectivity index (χ1v) is 15.7. The van der Waals surface area contributed by atoms with Crippen LogP contribution in [-0.2, 0) is 19.2 Å². The van der Waals surface area contributed by atoms with E-state index in [-0.39, 0.29) is 35.2 Å². The average Bonchev–Trinajstić information content (AvgIpc) is 2.94. The third-order valence-corrected chi connectivity index (χ3v) is 9.78. The second kappa shape index (κ2) is 14.5. The first-order valence-electron chi connectivity index (χ1n) is 15.7. The molecule has 2 fully saturated rings. The van der Waals surface area contributed by atoms with Crippen LogP contribution in [0.5, 0.6) is 0 Å². The quantitative estimate of drug-likeness (QED) is 0.179. The van der Waals surface area contributed by atoms with Gasteiger partial charge in [-0.3, -0.25) is 19.2 Å². The fourth-order valence-corrected chi connectivity index (χ4v) is 6.86. The number of hydrogen-bond donors (Lipinski definition) is 1. The predicted molar refractivity (Wildman–Crippen MR) is 160 cm³/mol. The number of nitrogens with zero attached hydrogens (tertiary/aromatic N) is 1. The summed E-state index contributed by atoms with van der Waals surface area (Å²) in [6.45, 7) is 6.99. The molecule has 0 aliphatic heterocycles. The molecule has 226 valence electrons. The molecule has 1 amide bonds. The number of hydrogen-bond acceptors (Lipinski definition) is 5. The Kier molecular flexibility index (Phi) is 11.6. The zero-order chi connectivity index (χ0) is 30.2. The van der Waals surface area contributed by atoms with Crippen molar-refractivity contribution in [2.24, 2.45) is 27.8 Å². The van der Waals surface area contributed by atoms with E-state index in [0.29, 0.717) is 12.8 Å². The standard InChI is InChI=1S/C34H49NO6/c1-33(2,31(38)35-41)21-9-7-13-23-15-11-19-27(29(23)36)25-17-5-6-18-26(25)28-20-12-16-24(30(28)37)14-8-10-22-34(3,4)32(39)40/h5-6,17-18,23-24,27-28H,7-16,19-22H2,1-4H3,(H,39,40). The Morgan fingerprint density at radius 2 is 1.20 bits per heavy atom. The highest BCUT2D eigenvalue weighted by molar-refractivity contribution is 5.92. The lowest BCUT2D eigenvalue weighted by molar-refractivity contribution is -0.147. The highest BCUT2D eigenvalue weighted by Gasteiger charge is 2.38. The van der Waals surface area contributed by atoms with Gasteiger partial charge in [-0.05, 0) is 76.3 Å². The molecule has 0 radical (unpaired) electrons. The van der Waals surface area contributed by atoms with Crippen LogP contribution >= 0.6 is 0 Å². The number of benzene rings is 1. The normalized spacial score (nSPS) is 23.8. The summed E-state index contributed by atoms with van der Waals surface area (Å²) in [6, 6.07) is 8.05. The number of ketones is 2. The van der Waals surface area contributed by atoms with Gasteiger partial charge in [-0.1, -0.05) is 76.6 Å². The number of carbonyl (C=O) groups is 4. The van der Waals surface area contributed by atoms with Crippen LogP contribution in [0.2, 0.25) is 0 Å². The Bertz CT molecular complexity index is 1110. The van der Waals surface area contributed by atoms with Gasteiger partial charge in [0.2, 0.25) is 0 Å². The molecule has 0 spiro atoms. The topological polar surface area (TPSA) is 118 Å². The van der Waals surface area contributed by atoms with E-state index in [4.69, 9.17) is 0 Å². The Balaban J connectivity index is 1.62. The fraction of sp³-hybridized carbons (Fsp3) is 0.706. The van der Waals surface area contributed by atoms with Crippen LogP contribution in [-0.4, -0.2) is 28.5 Å². The van der Waals surface area contributed by atoms with Crippen molar-refractivity contribution in [1.82, 2.24) is 0 Å². The molecule has 41 heavy (non-hydrogen) atoms. The maximum Gasteiger partial charge on any atom is 0.309 e. The van der Waals surface area contributed by atoms with Crippen molar-refractivity contribution >= 4 is 23.4 Å². The number of Topliss-reactive ketones (excluding diaryl/α,β-unsaturated/α-hetero) is 2. The lowest BCUT2D eigenvalue weighted by Gasteiger charge is -2.33. The maximum absolute atomic E-state index is 13.7. The van der Waals surface area contributed by atoms with Crippen LogP contribution in [0.4, 0.5) is 0 Å². The molecule has 2 aliphatic rings. The molecule has 2 aliphatic carbocycles. The zero-order valence-corrected chi connectivity index (χ0v) is 25.5. The second-order valence-corrected chi connectivity index (χ2v) is 13.8. The van der Waals surface area contributed by atoms with Gasteiger partial charge in [-0.15, -0.1) is 4.91 Å². The monoisotopic (exact) mass is 567 g/mol. The summed E-state index contributed by atoms with van der Waals surface area (Å²) in [5.41, 5.74) is 0.536. The minimum absolute atomic E-state index is 0.00454. The van der Waals surface area contributed by atoms with Crippen LogP contribution in [0, 0.1) is 27.6 Å². The summed E-state index contributed by atoms with van der Waals surface area (Å²) < 4.78 is 0. The average molecular weight is 568 g/mol. The van der Waals surface area contributed by atoms with E-state index in [1.165, 1.54) is 0 Å². The molecule has 4 atom stereocenters. The number of carboxylic acids is 1. The van der Waals surface area contributed by atoms with Crippen LogP contribution in [0.25, 0.3) is 0 Å². The largest absolute Gasteiger partial charge is 0.481 e. The zero-order valence-electron chi connectivity index (χ0n) is 25.5. The third-order valence-electron chi connectivity index (χ3n) is 9.78. The predicted octanol–water partition coefficient (Wildman–Crippen LogP) is 8.14. The van der Waals surface area contributed by atoms with Gasteiger partial charge in [-0.2, -0.15) is 0 Å². The highest BCUT2D eigenvalue weighted by Crippen LogP contribution is 2.43. The van der Waals surface area contributed by atoms with E-state index in [1.807, 2.05) is 24.3 Å². The van der Waals surface area contributed by atoms with Gasteiger partial charge in [-0.25, -0.2) is 0 Å². The molecular weight excluding hydrogens is 518 g/mol. The summed E-state index contributed by atoms with van der Waals surface area (Å²) in [7, 11) is 0. The van der Waals surface area contributed by atoms with Crippen molar-refractivity contribution < 1.29 is 24.3 Å². The molecule has 0 aromatic heterocycles. The van der Waals surface area contributed by atoms with Crippen molar-refractivity contribution in [3.63, 3.8) is 0 Å². The Morgan fingerprint density at radius 1 is 0.756 bits per heavy atom. The maximum atomic E-state index is 13.7. The number of rotatable bonds is 14. The Labute approximate surface area is 245 Å². The Morgan fingerprint density at radius 3 is 1.61 bits per heavy atom. The first-order chi connectivity index (χ1) is 19.4. The van der Waals surface area contributed by atoms with Gasteiger partial charge in [0, 0.05) is 34.3 Å². The van der Waals surface area contributed by atoms with E-state index in [0.717, 1.165) is 88.2 Å². The Hall–Kier alpha value is -2.70. The lowest BCUT2D eigenvalue weighted by Crippen LogP contribution is -2.31. The number of aliphatic carboxylic acids is 1. The number of unbranched alkanes of at least 4 members (excludes halogenated alkanes) is 2. The fourth-order valence-electron chi connectivity index (χ4n) is 6.86. The van der Waals surface area contributed by atoms with E-state index in [2.05, 4.69) is 5.18 Å². The molecule has 0 bridgehead atoms. The number of nitroso groups, excluding NO2 is 1. The van der Waals surface area contributed by atoms with E-state index >= 15 is 0 Å². The summed E-state index contributed by atoms with van der Waals surface area (Å²) >= 11 is 0. The highest BCUT2D eigenvalue weighted by atomic mass is 16.4. The molecule has 7 nitrogen and oxygen atoms in total. The lowest BCUT2D eigenvalue weighted by atomic mass is 9.69. The summed E-state index contributed by atoms with van der Waals surface area (Å²) in [5, 5.41) is 12.0. The molecule has 1 aromatic rings. The van der Waals surface area contributed by atoms with Crippen molar-refractivity contribution in [3.05, 3.63) is 40.3 Å². The van der Waals surface area contributed by atoms with Crippen LogP contribution in [0.1, 0.15) is 141 Å². The van der Waals surface area contributed by atoms with Gasteiger partial charge < -0.3 is 5.11 Å². The van der Waals surface area contributed by atoms with Crippen molar-refractivity contribution in [2.75, 3.05) is 0 Å². The van der Waals surface area contributed by atoms with Crippen molar-refractivity contribution in [1.29, 1.82) is 0 Å². The summed E-state index contributed by atoms with van der Waals surface area (Å²) in [6.07, 6.45) is 11.3. The second-order valence-electron chi connectivity index (χ2n) is 13.8. The van der Waals surface area contributed by atoms with Crippen molar-refractivity contribution in [3.8, 4) is 0 Å². The van der Waals surface area contributed by atoms with Gasteiger partial charge >= 0.3 is 5.97 Å². The molecule has 3 rings (SSSR count). The van der Waals surface area contributed by atoms with E-state index in [1.54, 1.807) is 27.7 Å². The molecule has 2 saturated carbocycles. The van der Waals surface area contributed by atoms with Crippen molar-refractivity contribution in [2.45, 2.75) is 129 Å². The molecule has 7 heteroatoms. The molecule has 1 aromatic carbocycles. The summed E-state index contributed by atoms with van der Waals surface area (Å²) in [4.78, 5) is 61.2. The van der Waals surface area contributed by atoms with Gasteiger partial charge in [0.1, 0.15) is 11.6 Å². The van der Waals surface area contributed by atoms with Gasteiger partial charge in [0.25, 0.3) is 5.91 Å². The first kappa shape index (κ1) is 32.8. The van der Waals surface area contributed by atoms with Crippen LogP contribution in [0.15, 0.2) is 29.4 Å². The molecular formula is C34H49NO6. The van der Waals surface area contributed by atoms with E-state index < -0.39 is 22.7 Å². The summed E-state index contributed by atoms with van der Waals surface area (Å²) in [5.74, 6) is -1.24. The minimum Gasteiger partial charge on any atom is -0.481 e. The molecule has 1 N–H and O–H groups in total. The smallest absolute Gasteiger partial charge is 0.309 e. The molecule has 0 saturated heterocycles. The van der Waals surface area contributed by atoms with Crippen LogP contribution < -0.4 is 0 Å². The minimum atomic E-state index is -0.782. The molecule has 4 unspecified atom stereocenters. The number of amides is 1. The van der Waals surface area contributed by atoms with Gasteiger partial charge in [0.05, 0.1) is 5.41 Å². The van der Waals surface area contributed by atoms with Gasteiger partial charge in [0.15, 0.2) is 0 Å². The number of carboxylic acid groups (broad SMARTS) is 1. The number of carbonyl (C=O) groups excluding carboxylic acids is 3. The van der Waals surface area contributed by atoms with E-state index in [9.17, 15) is 29.2 Å².